The number of hydrogen-bond donors (Lipinski definition) is 0. The van der Waals surface area contributed by atoms with Gasteiger partial charge in [-0.1, -0.05) is 30.3 Å². The van der Waals surface area contributed by atoms with Crippen molar-refractivity contribution in [1.29, 1.82) is 0 Å². The van der Waals surface area contributed by atoms with E-state index in [1.165, 1.54) is 10.9 Å². The summed E-state index contributed by atoms with van der Waals surface area (Å²) in [5.41, 5.74) is 2.37. The van der Waals surface area contributed by atoms with E-state index < -0.39 is 0 Å². The van der Waals surface area contributed by atoms with Crippen molar-refractivity contribution >= 4 is 23.2 Å². The van der Waals surface area contributed by atoms with Crippen molar-refractivity contribution in [3.05, 3.63) is 66.4 Å². The molecule has 1 heterocycles. The number of benzene rings is 2. The topological polar surface area (TPSA) is 14.2 Å². The summed E-state index contributed by atoms with van der Waals surface area (Å²) in [6.45, 7) is 0. The summed E-state index contributed by atoms with van der Waals surface area (Å²) in [5, 5.41) is 1.25. The highest BCUT2D eigenvalue weighted by Gasteiger charge is 1.96. The Morgan fingerprint density at radius 3 is 2.53 bits per heavy atom. The highest BCUT2D eigenvalue weighted by molar-refractivity contribution is 5.83. The average Bonchev–Trinajstić information content (AvgIpc) is 2.89. The highest BCUT2D eigenvalue weighted by atomic mass is 16.5. The van der Waals surface area contributed by atoms with Gasteiger partial charge in [-0.15, -0.1) is 0 Å². The molecular weight excluding hydrogens is 234 g/mol. The lowest BCUT2D eigenvalue weighted by Gasteiger charge is -2.00. The minimum atomic E-state index is 0.878. The zero-order valence-electron chi connectivity index (χ0n) is 10.8. The molecule has 0 bridgehead atoms. The van der Waals surface area contributed by atoms with Gasteiger partial charge in [0.05, 0.1) is 12.6 Å². The van der Waals surface area contributed by atoms with Crippen molar-refractivity contribution in [2.45, 2.75) is 0 Å². The van der Waals surface area contributed by atoms with Gasteiger partial charge in [0.15, 0.2) is 0 Å². The molecule has 2 nitrogen and oxygen atoms in total. The summed E-state index contributed by atoms with van der Waals surface area (Å²) in [4.78, 5) is 0. The van der Waals surface area contributed by atoms with E-state index >= 15 is 0 Å². The van der Waals surface area contributed by atoms with Crippen molar-refractivity contribution < 1.29 is 4.74 Å². The van der Waals surface area contributed by atoms with Crippen LogP contribution in [0.1, 0.15) is 5.56 Å². The lowest BCUT2D eigenvalue weighted by Crippen LogP contribution is -1.83. The first kappa shape index (κ1) is 11.6. The second kappa shape index (κ2) is 5.02. The predicted octanol–water partition coefficient (Wildman–Crippen LogP) is 4.28. The van der Waals surface area contributed by atoms with Gasteiger partial charge in [-0.05, 0) is 41.3 Å². The molecule has 1 aromatic heterocycles. The maximum absolute atomic E-state index is 5.15. The van der Waals surface area contributed by atoms with Crippen LogP contribution in [0.5, 0.6) is 5.75 Å². The van der Waals surface area contributed by atoms with Gasteiger partial charge in [-0.2, -0.15) is 0 Å². The van der Waals surface area contributed by atoms with Gasteiger partial charge in [0.25, 0.3) is 0 Å². The van der Waals surface area contributed by atoms with E-state index in [0.717, 1.165) is 11.3 Å². The number of ether oxygens (including phenoxy) is 1. The van der Waals surface area contributed by atoms with Crippen LogP contribution in [-0.4, -0.2) is 11.7 Å². The highest BCUT2D eigenvalue weighted by Crippen LogP contribution is 2.17. The molecule has 2 aromatic carbocycles. The number of rotatable bonds is 3. The summed E-state index contributed by atoms with van der Waals surface area (Å²) >= 11 is 0. The summed E-state index contributed by atoms with van der Waals surface area (Å²) in [6, 6.07) is 18.5. The maximum atomic E-state index is 5.15. The van der Waals surface area contributed by atoms with Gasteiger partial charge in [0, 0.05) is 12.4 Å². The minimum Gasteiger partial charge on any atom is -0.497 e. The number of hydrogen-bond acceptors (Lipinski definition) is 1. The van der Waals surface area contributed by atoms with Gasteiger partial charge >= 0.3 is 0 Å². The molecule has 0 amide bonds. The molecule has 0 aliphatic rings. The minimum absolute atomic E-state index is 0.878. The van der Waals surface area contributed by atoms with Crippen LogP contribution >= 0.6 is 0 Å². The van der Waals surface area contributed by atoms with E-state index in [1.54, 1.807) is 7.11 Å². The molecule has 3 aromatic rings. The summed E-state index contributed by atoms with van der Waals surface area (Å²) in [5.74, 6) is 0.878. The number of methoxy groups -OCH3 is 1. The average molecular weight is 249 g/mol. The van der Waals surface area contributed by atoms with Crippen LogP contribution in [0.3, 0.4) is 0 Å². The lowest BCUT2D eigenvalue weighted by atomic mass is 10.2. The Bertz CT molecular complexity index is 707. The Morgan fingerprint density at radius 1 is 0.947 bits per heavy atom. The van der Waals surface area contributed by atoms with Crippen LogP contribution in [0.2, 0.25) is 0 Å². The molecule has 0 aliphatic carbocycles. The van der Waals surface area contributed by atoms with Crippen LogP contribution in [-0.2, 0) is 0 Å². The van der Waals surface area contributed by atoms with Crippen LogP contribution in [0, 0.1) is 0 Å². The second-order valence-electron chi connectivity index (χ2n) is 4.37. The quantitative estimate of drug-likeness (QED) is 0.676. The molecule has 0 saturated carbocycles. The fourth-order valence-electron chi connectivity index (χ4n) is 2.12. The van der Waals surface area contributed by atoms with Crippen LogP contribution in [0.4, 0.5) is 0 Å². The largest absolute Gasteiger partial charge is 0.497 e. The molecule has 0 N–H and O–H groups in total. The molecule has 2 heteroatoms. The van der Waals surface area contributed by atoms with Crippen LogP contribution in [0.25, 0.3) is 23.2 Å². The second-order valence-corrected chi connectivity index (χ2v) is 4.37. The third kappa shape index (κ3) is 2.38. The molecule has 0 spiro atoms. The Balaban J connectivity index is 1.89. The van der Waals surface area contributed by atoms with E-state index in [1.807, 2.05) is 24.3 Å². The normalized spacial score (nSPS) is 11.2. The number of nitrogens with zero attached hydrogens (tertiary/aromatic N) is 1. The fourth-order valence-corrected chi connectivity index (χ4v) is 2.12. The molecule has 19 heavy (non-hydrogen) atoms. The van der Waals surface area contributed by atoms with E-state index in [-0.39, 0.29) is 0 Å². The first-order valence-corrected chi connectivity index (χ1v) is 6.25. The predicted molar refractivity (Wildman–Crippen MR) is 80.2 cm³/mol. The van der Waals surface area contributed by atoms with Crippen LogP contribution in [0.15, 0.2) is 60.8 Å². The molecule has 94 valence electrons. The van der Waals surface area contributed by atoms with Crippen LogP contribution < -0.4 is 4.74 Å². The maximum Gasteiger partial charge on any atom is 0.118 e. The van der Waals surface area contributed by atoms with Gasteiger partial charge < -0.3 is 9.30 Å². The zero-order chi connectivity index (χ0) is 13.1. The molecule has 0 atom stereocenters. The van der Waals surface area contributed by atoms with E-state index in [2.05, 4.69) is 53.4 Å². The molecule has 0 unspecified atom stereocenters. The molecule has 0 saturated heterocycles. The van der Waals surface area contributed by atoms with E-state index in [9.17, 15) is 0 Å². The molecule has 0 fully saturated rings. The first-order chi connectivity index (χ1) is 9.36. The Labute approximate surface area is 112 Å². The summed E-state index contributed by atoms with van der Waals surface area (Å²) < 4.78 is 7.27. The SMILES string of the molecule is COc1ccc(/C=C/n2ccc3ccccc32)cc1. The lowest BCUT2D eigenvalue weighted by molar-refractivity contribution is 0.415. The Morgan fingerprint density at radius 2 is 1.74 bits per heavy atom. The summed E-state index contributed by atoms with van der Waals surface area (Å²) in [6.07, 6.45) is 6.24. The van der Waals surface area contributed by atoms with Crippen molar-refractivity contribution in [2.75, 3.05) is 7.11 Å². The van der Waals surface area contributed by atoms with E-state index in [0.29, 0.717) is 0 Å². The third-order valence-corrected chi connectivity index (χ3v) is 3.17. The van der Waals surface area contributed by atoms with Gasteiger partial charge in [0.1, 0.15) is 5.75 Å². The van der Waals surface area contributed by atoms with Gasteiger partial charge in [0.2, 0.25) is 0 Å². The molecular formula is C17H15NO. The van der Waals surface area contributed by atoms with Gasteiger partial charge in [-0.25, -0.2) is 0 Å². The molecule has 3 rings (SSSR count). The van der Waals surface area contributed by atoms with Crippen molar-refractivity contribution in [2.24, 2.45) is 0 Å². The van der Waals surface area contributed by atoms with Gasteiger partial charge in [-0.3, -0.25) is 0 Å². The van der Waals surface area contributed by atoms with Crippen molar-refractivity contribution in [3.8, 4) is 5.75 Å². The fraction of sp³-hybridized carbons (Fsp3) is 0.0588. The monoisotopic (exact) mass is 249 g/mol. The Hall–Kier alpha value is -2.48. The number of para-hydroxylation sites is 1. The van der Waals surface area contributed by atoms with Crippen molar-refractivity contribution in [3.63, 3.8) is 0 Å². The molecule has 0 radical (unpaired) electrons. The summed E-state index contributed by atoms with van der Waals surface area (Å²) in [7, 11) is 1.68. The zero-order valence-corrected chi connectivity index (χ0v) is 10.8. The first-order valence-electron chi connectivity index (χ1n) is 6.25. The standard InChI is InChI=1S/C17H15NO/c1-19-16-8-6-14(7-9-16)10-12-18-13-11-15-4-2-3-5-17(15)18/h2-13H,1H3/b12-10+. The van der Waals surface area contributed by atoms with E-state index in [4.69, 9.17) is 4.74 Å². The third-order valence-electron chi connectivity index (χ3n) is 3.17. The number of aromatic nitrogens is 1. The smallest absolute Gasteiger partial charge is 0.118 e. The Kier molecular flexibility index (Phi) is 3.07. The molecule has 0 aliphatic heterocycles. The van der Waals surface area contributed by atoms with Crippen molar-refractivity contribution in [1.82, 2.24) is 4.57 Å². The number of fused-ring (bicyclic) bond motifs is 1.